The molecule has 132 valence electrons. The lowest BCUT2D eigenvalue weighted by Crippen LogP contribution is -2.70. The van der Waals surface area contributed by atoms with Gasteiger partial charge in [-0.05, 0) is 42.8 Å². The number of ether oxygens (including phenoxy) is 1. The van der Waals surface area contributed by atoms with Gasteiger partial charge in [0.15, 0.2) is 6.10 Å². The molecule has 0 saturated carbocycles. The van der Waals surface area contributed by atoms with Crippen molar-refractivity contribution in [2.24, 2.45) is 0 Å². The second-order valence-corrected chi connectivity index (χ2v) is 7.05. The minimum absolute atomic E-state index is 0.0141. The van der Waals surface area contributed by atoms with Crippen molar-refractivity contribution in [3.8, 4) is 5.75 Å². The molecule has 1 aliphatic rings. The zero-order valence-electron chi connectivity index (χ0n) is 14.7. The third kappa shape index (κ3) is 3.80. The fraction of sp³-hybridized carbons (Fsp3) is 0.350. The molecule has 3 rings (SSSR count). The fourth-order valence-electron chi connectivity index (χ4n) is 2.99. The third-order valence-corrected chi connectivity index (χ3v) is 4.60. The summed E-state index contributed by atoms with van der Waals surface area (Å²) in [6.07, 6.45) is -0.493. The standard InChI is InChI=1S/C20H23ClN2O2/c1-13(2)22-12-18-19(25-16-10-8-15(21)9-11-16)20(24)23(18)17-7-5-4-6-14(17)3/h4-11,13,18-19,22H,12H2,1-3H3/t18-,19+/m0/s1. The molecule has 0 aromatic heterocycles. The molecule has 0 bridgehead atoms. The molecule has 25 heavy (non-hydrogen) atoms. The summed E-state index contributed by atoms with van der Waals surface area (Å²) in [7, 11) is 0. The Kier molecular flexibility index (Phi) is 5.30. The summed E-state index contributed by atoms with van der Waals surface area (Å²) >= 11 is 5.92. The molecule has 2 aromatic carbocycles. The third-order valence-electron chi connectivity index (χ3n) is 4.35. The van der Waals surface area contributed by atoms with Crippen LogP contribution < -0.4 is 15.0 Å². The fourth-order valence-corrected chi connectivity index (χ4v) is 3.12. The van der Waals surface area contributed by atoms with Gasteiger partial charge in [-0.25, -0.2) is 0 Å². The van der Waals surface area contributed by atoms with Crippen molar-refractivity contribution in [3.63, 3.8) is 0 Å². The van der Waals surface area contributed by atoms with Crippen LogP contribution in [0, 0.1) is 6.92 Å². The SMILES string of the molecule is Cc1ccccc1N1C(=O)[C@H](Oc2ccc(Cl)cc2)[C@@H]1CNC(C)C. The van der Waals surface area contributed by atoms with Gasteiger partial charge in [0.25, 0.3) is 5.91 Å². The van der Waals surface area contributed by atoms with Crippen molar-refractivity contribution in [1.82, 2.24) is 5.32 Å². The highest BCUT2D eigenvalue weighted by molar-refractivity contribution is 6.30. The number of halogens is 1. The van der Waals surface area contributed by atoms with Crippen LogP contribution in [-0.2, 0) is 4.79 Å². The summed E-state index contributed by atoms with van der Waals surface area (Å²) in [5.41, 5.74) is 2.02. The van der Waals surface area contributed by atoms with Crippen LogP contribution in [0.4, 0.5) is 5.69 Å². The Morgan fingerprint density at radius 3 is 2.48 bits per heavy atom. The van der Waals surface area contributed by atoms with Crippen LogP contribution in [0.3, 0.4) is 0 Å². The quantitative estimate of drug-likeness (QED) is 0.798. The van der Waals surface area contributed by atoms with E-state index in [1.807, 2.05) is 36.1 Å². The molecular formula is C20H23ClN2O2. The molecule has 4 nitrogen and oxygen atoms in total. The van der Waals surface area contributed by atoms with Gasteiger partial charge in [0.1, 0.15) is 5.75 Å². The van der Waals surface area contributed by atoms with Gasteiger partial charge in [0.05, 0.1) is 6.04 Å². The van der Waals surface area contributed by atoms with Crippen LogP contribution >= 0.6 is 11.6 Å². The van der Waals surface area contributed by atoms with E-state index in [0.29, 0.717) is 23.4 Å². The maximum absolute atomic E-state index is 12.8. The molecular weight excluding hydrogens is 336 g/mol. The van der Waals surface area contributed by atoms with Crippen molar-refractivity contribution in [2.45, 2.75) is 39.0 Å². The first-order valence-corrected chi connectivity index (χ1v) is 8.89. The van der Waals surface area contributed by atoms with Crippen LogP contribution in [0.5, 0.6) is 5.75 Å². The Morgan fingerprint density at radius 2 is 1.84 bits per heavy atom. The van der Waals surface area contributed by atoms with E-state index < -0.39 is 6.10 Å². The van der Waals surface area contributed by atoms with Gasteiger partial charge < -0.3 is 15.0 Å². The van der Waals surface area contributed by atoms with Crippen molar-refractivity contribution >= 4 is 23.2 Å². The number of hydrogen-bond acceptors (Lipinski definition) is 3. The van der Waals surface area contributed by atoms with E-state index in [1.165, 1.54) is 0 Å². The topological polar surface area (TPSA) is 41.6 Å². The number of hydrogen-bond donors (Lipinski definition) is 1. The summed E-state index contributed by atoms with van der Waals surface area (Å²) < 4.78 is 5.96. The lowest BCUT2D eigenvalue weighted by atomic mass is 9.94. The Bertz CT molecular complexity index is 746. The van der Waals surface area contributed by atoms with Crippen molar-refractivity contribution < 1.29 is 9.53 Å². The first kappa shape index (κ1) is 17.8. The van der Waals surface area contributed by atoms with E-state index in [-0.39, 0.29) is 11.9 Å². The average molecular weight is 359 g/mol. The molecule has 1 N–H and O–H groups in total. The first-order valence-electron chi connectivity index (χ1n) is 8.51. The molecule has 0 unspecified atom stereocenters. The Balaban J connectivity index is 1.81. The maximum atomic E-state index is 12.8. The number of benzene rings is 2. The number of para-hydroxylation sites is 1. The van der Waals surface area contributed by atoms with Crippen molar-refractivity contribution in [2.75, 3.05) is 11.4 Å². The highest BCUT2D eigenvalue weighted by Crippen LogP contribution is 2.33. The van der Waals surface area contributed by atoms with Gasteiger partial charge >= 0.3 is 0 Å². The number of nitrogens with zero attached hydrogens (tertiary/aromatic N) is 1. The van der Waals surface area contributed by atoms with Gasteiger partial charge in [-0.3, -0.25) is 4.79 Å². The second kappa shape index (κ2) is 7.46. The highest BCUT2D eigenvalue weighted by Gasteiger charge is 2.50. The molecule has 0 spiro atoms. The zero-order valence-corrected chi connectivity index (χ0v) is 15.5. The van der Waals surface area contributed by atoms with Gasteiger partial charge in [-0.2, -0.15) is 0 Å². The first-order chi connectivity index (χ1) is 12.0. The number of rotatable bonds is 6. The summed E-state index contributed by atoms with van der Waals surface area (Å²) in [4.78, 5) is 14.6. The number of nitrogens with one attached hydrogen (secondary N) is 1. The number of anilines is 1. The Morgan fingerprint density at radius 1 is 1.16 bits per heavy atom. The lowest BCUT2D eigenvalue weighted by Gasteiger charge is -2.47. The predicted molar refractivity (Wildman–Crippen MR) is 101 cm³/mol. The summed E-state index contributed by atoms with van der Waals surface area (Å²) in [5, 5.41) is 4.06. The van der Waals surface area contributed by atoms with Gasteiger partial charge in [0.2, 0.25) is 0 Å². The van der Waals surface area contributed by atoms with Gasteiger partial charge in [-0.1, -0.05) is 43.6 Å². The Labute approximate surface area is 153 Å². The molecule has 5 heteroatoms. The normalized spacial score (nSPS) is 19.9. The van der Waals surface area contributed by atoms with Crippen LogP contribution in [-0.4, -0.2) is 30.6 Å². The van der Waals surface area contributed by atoms with E-state index in [2.05, 4.69) is 19.2 Å². The van der Waals surface area contributed by atoms with Gasteiger partial charge in [-0.15, -0.1) is 0 Å². The highest BCUT2D eigenvalue weighted by atomic mass is 35.5. The number of β-lactam (4-membered cyclic amide) rings is 1. The molecule has 1 fully saturated rings. The second-order valence-electron chi connectivity index (χ2n) is 6.62. The van der Waals surface area contributed by atoms with E-state index in [0.717, 1.165) is 11.3 Å². The molecule has 0 aliphatic carbocycles. The van der Waals surface area contributed by atoms with Crippen molar-refractivity contribution in [1.29, 1.82) is 0 Å². The molecule has 2 atom stereocenters. The minimum atomic E-state index is -0.493. The predicted octanol–water partition coefficient (Wildman–Crippen LogP) is 3.81. The largest absolute Gasteiger partial charge is 0.478 e. The van der Waals surface area contributed by atoms with E-state index in [1.54, 1.807) is 24.3 Å². The molecule has 1 aliphatic heterocycles. The minimum Gasteiger partial charge on any atom is -0.478 e. The van der Waals surface area contributed by atoms with Crippen LogP contribution in [0.25, 0.3) is 0 Å². The number of amides is 1. The van der Waals surface area contributed by atoms with Crippen LogP contribution in [0.1, 0.15) is 19.4 Å². The molecule has 1 heterocycles. The van der Waals surface area contributed by atoms with E-state index in [9.17, 15) is 4.79 Å². The summed E-state index contributed by atoms with van der Waals surface area (Å²) in [6, 6.07) is 15.3. The van der Waals surface area contributed by atoms with Gasteiger partial charge in [0, 0.05) is 23.3 Å². The zero-order chi connectivity index (χ0) is 18.0. The number of carbonyl (C=O) groups is 1. The summed E-state index contributed by atoms with van der Waals surface area (Å²) in [6.45, 7) is 6.88. The number of aryl methyl sites for hydroxylation is 1. The smallest absolute Gasteiger partial charge is 0.270 e. The summed E-state index contributed by atoms with van der Waals surface area (Å²) in [5.74, 6) is 0.640. The molecule has 2 aromatic rings. The van der Waals surface area contributed by atoms with Crippen molar-refractivity contribution in [3.05, 3.63) is 59.1 Å². The average Bonchev–Trinajstić information content (AvgIpc) is 2.59. The van der Waals surface area contributed by atoms with Crippen LogP contribution in [0.2, 0.25) is 5.02 Å². The lowest BCUT2D eigenvalue weighted by molar-refractivity contribution is -0.134. The van der Waals surface area contributed by atoms with E-state index >= 15 is 0 Å². The van der Waals surface area contributed by atoms with E-state index in [4.69, 9.17) is 16.3 Å². The Hall–Kier alpha value is -2.04. The maximum Gasteiger partial charge on any atom is 0.270 e. The molecule has 1 saturated heterocycles. The van der Waals surface area contributed by atoms with Crippen LogP contribution in [0.15, 0.2) is 48.5 Å². The molecule has 1 amide bonds. The monoisotopic (exact) mass is 358 g/mol. The number of carbonyl (C=O) groups excluding carboxylic acids is 1. The molecule has 0 radical (unpaired) electrons.